The van der Waals surface area contributed by atoms with Crippen LogP contribution >= 0.6 is 23.5 Å². The summed E-state index contributed by atoms with van der Waals surface area (Å²) in [5, 5.41) is 9.55. The third-order valence-corrected chi connectivity index (χ3v) is 5.91. The van der Waals surface area contributed by atoms with Gasteiger partial charge in [0.1, 0.15) is 11.9 Å². The standard InChI is InChI=1S/C7H15O12P3/c1-4-3-6(8)7(16-4)5(2)17-21(12,13)19-22(14,15)18-20(9,10)11/h4,6-8H,2-3H2,1H3,(H,12,13)(H,14,15)(H2,9,10,11)/p-4/t4-,6+,7+/m0/s1. The van der Waals surface area contributed by atoms with Crippen molar-refractivity contribution in [2.45, 2.75) is 31.7 Å². The van der Waals surface area contributed by atoms with Crippen molar-refractivity contribution in [3.63, 3.8) is 0 Å². The van der Waals surface area contributed by atoms with Crippen molar-refractivity contribution in [2.24, 2.45) is 0 Å². The molecule has 2 unspecified atom stereocenters. The molecule has 12 nitrogen and oxygen atoms in total. The largest absolute Gasteiger partial charge is 0.790 e. The molecular weight excluding hydrogens is 369 g/mol. The van der Waals surface area contributed by atoms with Crippen molar-refractivity contribution in [1.82, 2.24) is 0 Å². The summed E-state index contributed by atoms with van der Waals surface area (Å²) in [6.45, 7) is 4.71. The van der Waals surface area contributed by atoms with Crippen molar-refractivity contribution in [3.05, 3.63) is 12.3 Å². The molecule has 1 aliphatic rings. The average molecular weight is 380 g/mol. The fourth-order valence-electron chi connectivity index (χ4n) is 1.62. The zero-order valence-corrected chi connectivity index (χ0v) is 13.6. The predicted octanol–water partition coefficient (Wildman–Crippen LogP) is -2.15. The highest BCUT2D eigenvalue weighted by Crippen LogP contribution is 2.61. The molecule has 22 heavy (non-hydrogen) atoms. The SMILES string of the molecule is C=C(OP(=O)([O-])OP(=O)([O-])OP(=O)([O-])[O-])[C@H]1O[C@@H](C)C[C@H]1O. The number of hydrogen-bond acceptors (Lipinski definition) is 12. The summed E-state index contributed by atoms with van der Waals surface area (Å²) >= 11 is 0. The van der Waals surface area contributed by atoms with Crippen LogP contribution in [0, 0.1) is 0 Å². The minimum Gasteiger partial charge on any atom is -0.790 e. The van der Waals surface area contributed by atoms with E-state index in [4.69, 9.17) is 4.74 Å². The number of aliphatic hydroxyl groups is 1. The molecule has 1 aliphatic heterocycles. The van der Waals surface area contributed by atoms with Crippen molar-refractivity contribution in [2.75, 3.05) is 0 Å². The van der Waals surface area contributed by atoms with E-state index < -0.39 is 47.5 Å². The normalized spacial score (nSPS) is 31.3. The minimum atomic E-state index is -6.05. The Morgan fingerprint density at radius 1 is 1.18 bits per heavy atom. The molecule has 5 atom stereocenters. The van der Waals surface area contributed by atoms with Gasteiger partial charge in [-0.3, -0.25) is 13.4 Å². The van der Waals surface area contributed by atoms with E-state index in [1.807, 2.05) is 0 Å². The van der Waals surface area contributed by atoms with E-state index in [1.54, 1.807) is 6.92 Å². The molecular formula is C7H11O12P3-4. The van der Waals surface area contributed by atoms with E-state index >= 15 is 0 Å². The molecule has 1 fully saturated rings. The second-order valence-corrected chi connectivity index (χ2v) is 8.41. The molecule has 1 saturated heterocycles. The summed E-state index contributed by atoms with van der Waals surface area (Å²) < 4.78 is 48.0. The topological polar surface area (TPSA) is 201 Å². The lowest BCUT2D eigenvalue weighted by Gasteiger charge is -2.37. The van der Waals surface area contributed by atoms with Gasteiger partial charge in [0, 0.05) is 6.42 Å². The molecule has 0 spiro atoms. The molecule has 1 rings (SSSR count). The van der Waals surface area contributed by atoms with Crippen LogP contribution in [0.3, 0.4) is 0 Å². The highest BCUT2D eigenvalue weighted by atomic mass is 31.3. The molecule has 0 radical (unpaired) electrons. The van der Waals surface area contributed by atoms with Crippen molar-refractivity contribution in [1.29, 1.82) is 0 Å². The van der Waals surface area contributed by atoms with E-state index in [-0.39, 0.29) is 6.42 Å². The summed E-state index contributed by atoms with van der Waals surface area (Å²) in [7, 11) is -17.8. The zero-order chi connectivity index (χ0) is 17.3. The fraction of sp³-hybridized carbons (Fsp3) is 0.714. The Kier molecular flexibility index (Phi) is 6.17. The van der Waals surface area contributed by atoms with Gasteiger partial charge >= 0.3 is 7.82 Å². The van der Waals surface area contributed by atoms with E-state index in [9.17, 15) is 38.4 Å². The fourth-order valence-corrected chi connectivity index (χ4v) is 4.49. The first kappa shape index (κ1) is 20.0. The van der Waals surface area contributed by atoms with Crippen LogP contribution in [0.5, 0.6) is 0 Å². The summed E-state index contributed by atoms with van der Waals surface area (Å²) in [6.07, 6.45) is -2.71. The first-order valence-electron chi connectivity index (χ1n) is 5.49. The lowest BCUT2D eigenvalue weighted by molar-refractivity contribution is -0.339. The van der Waals surface area contributed by atoms with E-state index in [0.29, 0.717) is 0 Å². The van der Waals surface area contributed by atoms with Crippen LogP contribution in [-0.2, 0) is 31.6 Å². The monoisotopic (exact) mass is 380 g/mol. The number of phosphoric acid groups is 3. The zero-order valence-electron chi connectivity index (χ0n) is 10.9. The van der Waals surface area contributed by atoms with Crippen LogP contribution in [-0.4, -0.2) is 23.4 Å². The molecule has 0 aromatic rings. The lowest BCUT2D eigenvalue weighted by atomic mass is 10.1. The van der Waals surface area contributed by atoms with Gasteiger partial charge in [0.15, 0.2) is 0 Å². The first-order valence-corrected chi connectivity index (χ1v) is 9.88. The van der Waals surface area contributed by atoms with Gasteiger partial charge in [0.05, 0.1) is 20.0 Å². The minimum absolute atomic E-state index is 0.149. The number of hydrogen-bond donors (Lipinski definition) is 1. The van der Waals surface area contributed by atoms with Gasteiger partial charge in [-0.2, -0.15) is 0 Å². The van der Waals surface area contributed by atoms with E-state index in [2.05, 4.69) is 19.7 Å². The van der Waals surface area contributed by atoms with E-state index in [1.165, 1.54) is 0 Å². The number of rotatable bonds is 7. The van der Waals surface area contributed by atoms with Crippen LogP contribution in [0.15, 0.2) is 12.3 Å². The maximum atomic E-state index is 11.3. The van der Waals surface area contributed by atoms with Crippen molar-refractivity contribution < 1.29 is 56.3 Å². The summed E-state index contributed by atoms with van der Waals surface area (Å²) in [5.74, 6) is -0.692. The summed E-state index contributed by atoms with van der Waals surface area (Å²) in [5.41, 5.74) is 0. The Labute approximate surface area is 124 Å². The van der Waals surface area contributed by atoms with Crippen LogP contribution in [0.2, 0.25) is 0 Å². The second-order valence-electron chi connectivity index (χ2n) is 4.23. The molecule has 15 heteroatoms. The molecule has 130 valence electrons. The smallest absolute Gasteiger partial charge is 0.326 e. The molecule has 0 amide bonds. The third kappa shape index (κ3) is 6.57. The second kappa shape index (κ2) is 6.80. The van der Waals surface area contributed by atoms with Crippen LogP contribution in [0.1, 0.15) is 13.3 Å². The summed E-state index contributed by atoms with van der Waals surface area (Å²) in [4.78, 5) is 42.5. The van der Waals surface area contributed by atoms with Gasteiger partial charge < -0.3 is 38.5 Å². The van der Waals surface area contributed by atoms with Crippen LogP contribution in [0.4, 0.5) is 0 Å². The van der Waals surface area contributed by atoms with Gasteiger partial charge in [-0.1, -0.05) is 6.58 Å². The number of aliphatic hydroxyl groups excluding tert-OH is 1. The maximum absolute atomic E-state index is 11.3. The Morgan fingerprint density at radius 3 is 2.14 bits per heavy atom. The Balaban J connectivity index is 2.71. The van der Waals surface area contributed by atoms with Crippen molar-refractivity contribution >= 4 is 23.5 Å². The maximum Gasteiger partial charge on any atom is 0.326 e. The molecule has 0 saturated carbocycles. The molecule has 1 heterocycles. The highest BCUT2D eigenvalue weighted by molar-refractivity contribution is 7.64. The number of phosphoric ester groups is 1. The molecule has 0 aromatic heterocycles. The van der Waals surface area contributed by atoms with Crippen LogP contribution < -0.4 is 19.6 Å². The van der Waals surface area contributed by atoms with E-state index in [0.717, 1.165) is 0 Å². The Bertz CT molecular complexity index is 567. The number of ether oxygens (including phenoxy) is 1. The molecule has 0 bridgehead atoms. The Hall–Kier alpha value is -0.0900. The van der Waals surface area contributed by atoms with Gasteiger partial charge in [-0.15, -0.1) is 0 Å². The lowest BCUT2D eigenvalue weighted by Crippen LogP contribution is -2.25. The predicted molar refractivity (Wildman–Crippen MR) is 60.2 cm³/mol. The van der Waals surface area contributed by atoms with Gasteiger partial charge in [0.25, 0.3) is 7.82 Å². The highest BCUT2D eigenvalue weighted by Gasteiger charge is 2.36. The first-order chi connectivity index (χ1) is 9.71. The van der Waals surface area contributed by atoms with Gasteiger partial charge in [-0.25, -0.2) is 4.31 Å². The quantitative estimate of drug-likeness (QED) is 0.371. The summed E-state index contributed by atoms with van der Waals surface area (Å²) in [6, 6.07) is 0. The molecule has 0 aromatic carbocycles. The third-order valence-electron chi connectivity index (χ3n) is 2.25. The Morgan fingerprint density at radius 2 is 1.73 bits per heavy atom. The van der Waals surface area contributed by atoms with Gasteiger partial charge in [-0.05, 0) is 6.92 Å². The van der Waals surface area contributed by atoms with Crippen LogP contribution in [0.25, 0.3) is 0 Å². The molecule has 1 N–H and O–H groups in total. The van der Waals surface area contributed by atoms with Gasteiger partial charge in [0.2, 0.25) is 0 Å². The van der Waals surface area contributed by atoms with Crippen molar-refractivity contribution in [3.8, 4) is 0 Å². The molecule has 0 aliphatic carbocycles. The average Bonchev–Trinajstić information content (AvgIpc) is 2.50.